The summed E-state index contributed by atoms with van der Waals surface area (Å²) in [5.74, 6) is 2.84. The highest BCUT2D eigenvalue weighted by Gasteiger charge is 2.13. The number of hydrogen-bond acceptors (Lipinski definition) is 5. The molecule has 2 aromatic carbocycles. The minimum Gasteiger partial charge on any atom is -0.454 e. The van der Waals surface area contributed by atoms with Crippen LogP contribution in [0.25, 0.3) is 11.5 Å². The molecule has 0 bridgehead atoms. The second-order valence-electron chi connectivity index (χ2n) is 6.48. The third kappa shape index (κ3) is 5.20. The molecule has 0 amide bonds. The van der Waals surface area contributed by atoms with E-state index in [9.17, 15) is 0 Å². The molecule has 4 rings (SSSR count). The number of fused-ring (bicyclic) bond motifs is 1. The fourth-order valence-electron chi connectivity index (χ4n) is 2.85. The highest BCUT2D eigenvalue weighted by atomic mass is 127. The summed E-state index contributed by atoms with van der Waals surface area (Å²) in [4.78, 5) is 8.78. The van der Waals surface area contributed by atoms with Gasteiger partial charge in [-0.15, -0.1) is 24.0 Å². The lowest BCUT2D eigenvalue weighted by Crippen LogP contribution is -2.36. The maximum atomic E-state index is 5.59. The van der Waals surface area contributed by atoms with Crippen LogP contribution in [-0.4, -0.2) is 24.8 Å². The third-order valence-corrected chi connectivity index (χ3v) is 4.41. The van der Waals surface area contributed by atoms with Gasteiger partial charge in [-0.25, -0.2) is 4.98 Å². The van der Waals surface area contributed by atoms with Gasteiger partial charge in [0.2, 0.25) is 12.7 Å². The van der Waals surface area contributed by atoms with Crippen molar-refractivity contribution in [3.63, 3.8) is 0 Å². The Morgan fingerprint density at radius 2 is 1.79 bits per heavy atom. The van der Waals surface area contributed by atoms with Crippen LogP contribution in [0.15, 0.2) is 58.1 Å². The molecule has 1 aliphatic heterocycles. The lowest BCUT2D eigenvalue weighted by atomic mass is 10.1. The summed E-state index contributed by atoms with van der Waals surface area (Å²) >= 11 is 0. The van der Waals surface area contributed by atoms with Crippen LogP contribution in [0.4, 0.5) is 0 Å². The summed E-state index contributed by atoms with van der Waals surface area (Å²) in [7, 11) is 1.73. The molecule has 0 radical (unpaired) electrons. The molecule has 7 nitrogen and oxygen atoms in total. The maximum absolute atomic E-state index is 5.59. The smallest absolute Gasteiger partial charge is 0.231 e. The number of guanidine groups is 1. The zero-order chi connectivity index (χ0) is 19.3. The van der Waals surface area contributed by atoms with E-state index in [4.69, 9.17) is 13.9 Å². The number of ether oxygens (including phenoxy) is 2. The molecule has 0 saturated carbocycles. The minimum absolute atomic E-state index is 0. The van der Waals surface area contributed by atoms with E-state index in [0.717, 1.165) is 28.3 Å². The number of nitrogens with one attached hydrogen (secondary N) is 2. The summed E-state index contributed by atoms with van der Waals surface area (Å²) < 4.78 is 16.3. The van der Waals surface area contributed by atoms with Gasteiger partial charge in [-0.3, -0.25) is 4.99 Å². The van der Waals surface area contributed by atoms with Crippen LogP contribution in [0, 0.1) is 6.92 Å². The van der Waals surface area contributed by atoms with E-state index in [1.807, 2.05) is 42.5 Å². The number of nitrogens with zero attached hydrogens (tertiary/aromatic N) is 2. The van der Waals surface area contributed by atoms with Gasteiger partial charge in [0.1, 0.15) is 6.26 Å². The zero-order valence-electron chi connectivity index (χ0n) is 16.3. The first kappa shape index (κ1) is 21.0. The number of aryl methyl sites for hydroxylation is 1. The Morgan fingerprint density at radius 1 is 1.03 bits per heavy atom. The van der Waals surface area contributed by atoms with Crippen molar-refractivity contribution in [2.45, 2.75) is 20.0 Å². The lowest BCUT2D eigenvalue weighted by molar-refractivity contribution is 0.174. The first-order chi connectivity index (χ1) is 13.7. The summed E-state index contributed by atoms with van der Waals surface area (Å²) in [6, 6.07) is 14.0. The molecule has 0 aliphatic carbocycles. The molecule has 2 heterocycles. The highest BCUT2D eigenvalue weighted by molar-refractivity contribution is 14.0. The van der Waals surface area contributed by atoms with Crippen LogP contribution in [0.5, 0.6) is 11.5 Å². The van der Waals surface area contributed by atoms with Crippen molar-refractivity contribution in [2.24, 2.45) is 4.99 Å². The number of oxazole rings is 1. The molecule has 0 fully saturated rings. The number of aliphatic imine (C=N–C) groups is 1. The number of hydrogen-bond donors (Lipinski definition) is 2. The van der Waals surface area contributed by atoms with Crippen LogP contribution in [0.3, 0.4) is 0 Å². The van der Waals surface area contributed by atoms with E-state index >= 15 is 0 Å². The summed E-state index contributed by atoms with van der Waals surface area (Å²) in [5.41, 5.74) is 4.05. The van der Waals surface area contributed by atoms with Gasteiger partial charge in [0, 0.05) is 19.2 Å². The highest BCUT2D eigenvalue weighted by Crippen LogP contribution is 2.32. The van der Waals surface area contributed by atoms with Gasteiger partial charge >= 0.3 is 0 Å². The Bertz CT molecular complexity index is 986. The predicted octanol–water partition coefficient (Wildman–Crippen LogP) is 3.86. The minimum atomic E-state index is 0. The van der Waals surface area contributed by atoms with Gasteiger partial charge in [0.25, 0.3) is 0 Å². The van der Waals surface area contributed by atoms with Crippen molar-refractivity contribution >= 4 is 29.9 Å². The number of aromatic nitrogens is 1. The maximum Gasteiger partial charge on any atom is 0.231 e. The Hall–Kier alpha value is -2.75. The normalized spacial score (nSPS) is 12.4. The predicted molar refractivity (Wildman–Crippen MR) is 122 cm³/mol. The van der Waals surface area contributed by atoms with Gasteiger partial charge in [-0.05, 0) is 36.8 Å². The number of halogens is 1. The standard InChI is InChI=1S/C21H22N4O3.HI/c1-14-3-6-16(7-4-14)20-25-17(12-26-20)11-24-21(22-2)23-10-15-5-8-18-19(9-15)28-13-27-18;/h3-9,12H,10-11,13H2,1-2H3,(H2,22,23,24);1H. The Morgan fingerprint density at radius 3 is 2.59 bits per heavy atom. The van der Waals surface area contributed by atoms with E-state index in [0.29, 0.717) is 24.9 Å². The first-order valence-corrected chi connectivity index (χ1v) is 9.06. The molecule has 1 aliphatic rings. The third-order valence-electron chi connectivity index (χ3n) is 4.41. The lowest BCUT2D eigenvalue weighted by Gasteiger charge is -2.11. The SMILES string of the molecule is CN=C(NCc1ccc2c(c1)OCO2)NCc1coc(-c2ccc(C)cc2)n1.I. The monoisotopic (exact) mass is 506 g/mol. The van der Waals surface area contributed by atoms with Crippen molar-refractivity contribution < 1.29 is 13.9 Å². The summed E-state index contributed by atoms with van der Waals surface area (Å²) in [6.07, 6.45) is 1.66. The van der Waals surface area contributed by atoms with Gasteiger partial charge in [-0.2, -0.15) is 0 Å². The molecule has 3 aromatic rings. The second-order valence-corrected chi connectivity index (χ2v) is 6.48. The average molecular weight is 506 g/mol. The molecule has 152 valence electrons. The fourth-order valence-corrected chi connectivity index (χ4v) is 2.85. The first-order valence-electron chi connectivity index (χ1n) is 9.06. The van der Waals surface area contributed by atoms with Crippen molar-refractivity contribution in [3.8, 4) is 23.0 Å². The van der Waals surface area contributed by atoms with Crippen molar-refractivity contribution in [2.75, 3.05) is 13.8 Å². The van der Waals surface area contributed by atoms with Crippen LogP contribution in [0.2, 0.25) is 0 Å². The fraction of sp³-hybridized carbons (Fsp3) is 0.238. The van der Waals surface area contributed by atoms with Crippen LogP contribution >= 0.6 is 24.0 Å². The Labute approximate surface area is 186 Å². The number of rotatable bonds is 5. The Kier molecular flexibility index (Phi) is 6.97. The van der Waals surface area contributed by atoms with E-state index in [2.05, 4.69) is 27.5 Å². The molecule has 0 spiro atoms. The van der Waals surface area contributed by atoms with Crippen molar-refractivity contribution in [1.29, 1.82) is 0 Å². The largest absolute Gasteiger partial charge is 0.454 e. The van der Waals surface area contributed by atoms with Gasteiger partial charge in [-0.1, -0.05) is 23.8 Å². The molecule has 2 N–H and O–H groups in total. The quantitative estimate of drug-likeness (QED) is 0.311. The van der Waals surface area contributed by atoms with Gasteiger partial charge in [0.05, 0.1) is 12.2 Å². The van der Waals surface area contributed by atoms with Crippen LogP contribution < -0.4 is 20.1 Å². The topological polar surface area (TPSA) is 80.9 Å². The Balaban J connectivity index is 0.00000240. The van der Waals surface area contributed by atoms with Crippen LogP contribution in [-0.2, 0) is 13.1 Å². The van der Waals surface area contributed by atoms with Gasteiger partial charge in [0.15, 0.2) is 17.5 Å². The molecule has 0 atom stereocenters. The summed E-state index contributed by atoms with van der Waals surface area (Å²) in [6.45, 7) is 3.45. The molecular weight excluding hydrogens is 483 g/mol. The second kappa shape index (κ2) is 9.64. The zero-order valence-corrected chi connectivity index (χ0v) is 18.6. The van der Waals surface area contributed by atoms with E-state index in [-0.39, 0.29) is 30.8 Å². The average Bonchev–Trinajstić information content (AvgIpc) is 3.37. The van der Waals surface area contributed by atoms with E-state index < -0.39 is 0 Å². The summed E-state index contributed by atoms with van der Waals surface area (Å²) in [5, 5.41) is 6.52. The molecule has 1 aromatic heterocycles. The molecule has 8 heteroatoms. The molecule has 0 saturated heterocycles. The van der Waals surface area contributed by atoms with Crippen molar-refractivity contribution in [3.05, 3.63) is 65.5 Å². The number of benzene rings is 2. The molecule has 0 unspecified atom stereocenters. The van der Waals surface area contributed by atoms with E-state index in [1.165, 1.54) is 5.56 Å². The van der Waals surface area contributed by atoms with Crippen molar-refractivity contribution in [1.82, 2.24) is 15.6 Å². The van der Waals surface area contributed by atoms with Gasteiger partial charge < -0.3 is 24.5 Å². The van der Waals surface area contributed by atoms with E-state index in [1.54, 1.807) is 13.3 Å². The molecule has 29 heavy (non-hydrogen) atoms. The van der Waals surface area contributed by atoms with Crippen LogP contribution in [0.1, 0.15) is 16.8 Å². The molecular formula is C21H23IN4O3.